The summed E-state index contributed by atoms with van der Waals surface area (Å²) >= 11 is 5.10. The van der Waals surface area contributed by atoms with Gasteiger partial charge >= 0.3 is 5.97 Å². The van der Waals surface area contributed by atoms with Crippen molar-refractivity contribution in [1.29, 1.82) is 0 Å². The van der Waals surface area contributed by atoms with E-state index in [1.807, 2.05) is 30.3 Å². The largest absolute Gasteiger partial charge is 0.463 e. The van der Waals surface area contributed by atoms with E-state index in [0.717, 1.165) is 5.56 Å². The topological polar surface area (TPSA) is 114 Å². The van der Waals surface area contributed by atoms with Gasteiger partial charge in [-0.25, -0.2) is 8.42 Å². The maximum Gasteiger partial charge on any atom is 0.306 e. The molecule has 2 aromatic rings. The molecule has 0 fully saturated rings. The maximum atomic E-state index is 12.8. The third kappa shape index (κ3) is 8.89. The van der Waals surface area contributed by atoms with Gasteiger partial charge in [-0.3, -0.25) is 9.59 Å². The van der Waals surface area contributed by atoms with Crippen molar-refractivity contribution in [2.75, 3.05) is 32.7 Å². The Morgan fingerprint density at radius 3 is 2.30 bits per heavy atom. The highest BCUT2D eigenvalue weighted by Crippen LogP contribution is 2.19. The highest BCUT2D eigenvalue weighted by Gasteiger charge is 2.21. The number of thiocarbonyl (C=S) groups is 1. The molecule has 0 spiro atoms. The summed E-state index contributed by atoms with van der Waals surface area (Å²) in [7, 11) is -0.662. The predicted octanol–water partition coefficient (Wildman–Crippen LogP) is 2.29. The van der Waals surface area contributed by atoms with Crippen LogP contribution in [-0.4, -0.2) is 57.1 Å². The lowest BCUT2D eigenvalue weighted by Crippen LogP contribution is -2.34. The van der Waals surface area contributed by atoms with Crippen LogP contribution in [0.25, 0.3) is 0 Å². The van der Waals surface area contributed by atoms with E-state index in [0.29, 0.717) is 5.69 Å². The number of carbonyl (C=O) groups is 2. The minimum atomic E-state index is -3.67. The summed E-state index contributed by atoms with van der Waals surface area (Å²) in [6.07, 6.45) is -0.167. The van der Waals surface area contributed by atoms with Gasteiger partial charge in [0.15, 0.2) is 5.11 Å². The molecule has 0 aromatic heterocycles. The fourth-order valence-corrected chi connectivity index (χ4v) is 4.08. The van der Waals surface area contributed by atoms with Crippen molar-refractivity contribution < 1.29 is 27.5 Å². The van der Waals surface area contributed by atoms with E-state index in [1.165, 1.54) is 30.6 Å². The van der Waals surface area contributed by atoms with Crippen molar-refractivity contribution in [2.24, 2.45) is 0 Å². The van der Waals surface area contributed by atoms with Crippen molar-refractivity contribution in [2.45, 2.75) is 24.3 Å². The Morgan fingerprint density at radius 1 is 1.00 bits per heavy atom. The molecule has 2 aromatic carbocycles. The monoisotopic (exact) mass is 493 g/mol. The van der Waals surface area contributed by atoms with Gasteiger partial charge in [0, 0.05) is 32.8 Å². The van der Waals surface area contributed by atoms with Crippen LogP contribution in [0, 0.1) is 0 Å². The van der Waals surface area contributed by atoms with Crippen molar-refractivity contribution >= 4 is 44.9 Å². The molecular weight excluding hydrogens is 466 g/mol. The molecular formula is C22H27N3O6S2. The second kappa shape index (κ2) is 13.0. The van der Waals surface area contributed by atoms with Gasteiger partial charge in [0.2, 0.25) is 15.9 Å². The lowest BCUT2D eigenvalue weighted by molar-refractivity contribution is -0.146. The SMILES string of the molecule is COCCOC(=O)CCC(=O)NC(=S)Nc1ccc(S(=O)(=O)N(C)Cc2ccccc2)cc1. The molecule has 0 bridgehead atoms. The molecule has 9 nitrogen and oxygen atoms in total. The first-order chi connectivity index (χ1) is 15.7. The Labute approximate surface area is 199 Å². The summed E-state index contributed by atoms with van der Waals surface area (Å²) in [6.45, 7) is 0.666. The number of esters is 1. The normalized spacial score (nSPS) is 11.1. The van der Waals surface area contributed by atoms with E-state index in [1.54, 1.807) is 12.1 Å². The first kappa shape index (κ1) is 26.4. The van der Waals surface area contributed by atoms with E-state index < -0.39 is 21.9 Å². The fraction of sp³-hybridized carbons (Fsp3) is 0.318. The van der Waals surface area contributed by atoms with E-state index in [4.69, 9.17) is 21.7 Å². The summed E-state index contributed by atoms with van der Waals surface area (Å²) in [5.74, 6) is -0.951. The molecule has 0 radical (unpaired) electrons. The Hall–Kier alpha value is -2.86. The summed E-state index contributed by atoms with van der Waals surface area (Å²) < 4.78 is 36.5. The van der Waals surface area contributed by atoms with Crippen LogP contribution >= 0.6 is 12.2 Å². The number of hydrogen-bond donors (Lipinski definition) is 2. The van der Waals surface area contributed by atoms with Crippen LogP contribution in [0.5, 0.6) is 0 Å². The van der Waals surface area contributed by atoms with Gasteiger partial charge in [-0.1, -0.05) is 30.3 Å². The zero-order chi connectivity index (χ0) is 24.3. The van der Waals surface area contributed by atoms with Crippen LogP contribution in [-0.2, 0) is 35.6 Å². The molecule has 11 heteroatoms. The lowest BCUT2D eigenvalue weighted by Gasteiger charge is -2.17. The number of nitrogens with one attached hydrogen (secondary N) is 2. The summed E-state index contributed by atoms with van der Waals surface area (Å²) in [5.41, 5.74) is 1.38. The number of hydrogen-bond acceptors (Lipinski definition) is 7. The average molecular weight is 494 g/mol. The Balaban J connectivity index is 1.84. The maximum absolute atomic E-state index is 12.8. The first-order valence-corrected chi connectivity index (χ1v) is 11.9. The zero-order valence-electron chi connectivity index (χ0n) is 18.4. The van der Waals surface area contributed by atoms with Crippen LogP contribution in [0.1, 0.15) is 18.4 Å². The summed E-state index contributed by atoms with van der Waals surface area (Å²) in [6, 6.07) is 15.3. The molecule has 178 valence electrons. The molecule has 0 aliphatic carbocycles. The number of benzene rings is 2. The van der Waals surface area contributed by atoms with Crippen molar-refractivity contribution in [3.63, 3.8) is 0 Å². The zero-order valence-corrected chi connectivity index (χ0v) is 20.1. The van der Waals surface area contributed by atoms with Gasteiger partial charge in [-0.05, 0) is 42.0 Å². The molecule has 0 aliphatic rings. The Kier molecular flexibility index (Phi) is 10.4. The van der Waals surface area contributed by atoms with E-state index in [-0.39, 0.29) is 42.6 Å². The molecule has 0 unspecified atom stereocenters. The number of ether oxygens (including phenoxy) is 2. The summed E-state index contributed by atoms with van der Waals surface area (Å²) in [5, 5.41) is 5.30. The number of amides is 1. The van der Waals surface area contributed by atoms with Gasteiger partial charge in [0.1, 0.15) is 6.61 Å². The molecule has 33 heavy (non-hydrogen) atoms. The standard InChI is InChI=1S/C22H27N3O6S2/c1-25(16-17-6-4-3-5-7-17)33(28,29)19-10-8-18(9-11-19)23-22(32)24-20(26)12-13-21(27)31-15-14-30-2/h3-11H,12-16H2,1-2H3,(H2,23,24,26,32). The predicted molar refractivity (Wildman–Crippen MR) is 128 cm³/mol. The first-order valence-electron chi connectivity index (χ1n) is 10.1. The smallest absolute Gasteiger partial charge is 0.306 e. The van der Waals surface area contributed by atoms with Crippen molar-refractivity contribution in [3.8, 4) is 0 Å². The molecule has 2 N–H and O–H groups in total. The Bertz CT molecular complexity index is 1040. The third-order valence-corrected chi connectivity index (χ3v) is 6.45. The fourth-order valence-electron chi connectivity index (χ4n) is 2.69. The number of carbonyl (C=O) groups excluding carboxylic acids is 2. The number of sulfonamides is 1. The van der Waals surface area contributed by atoms with Gasteiger partial charge in [0.05, 0.1) is 17.9 Å². The number of methoxy groups -OCH3 is 1. The Morgan fingerprint density at radius 2 is 1.67 bits per heavy atom. The molecule has 0 aliphatic heterocycles. The van der Waals surface area contributed by atoms with E-state index in [2.05, 4.69) is 10.6 Å². The van der Waals surface area contributed by atoms with Crippen LogP contribution in [0.3, 0.4) is 0 Å². The minimum absolute atomic E-state index is 0.0320. The highest BCUT2D eigenvalue weighted by atomic mass is 32.2. The minimum Gasteiger partial charge on any atom is -0.463 e. The average Bonchev–Trinajstić information content (AvgIpc) is 2.79. The molecule has 2 rings (SSSR count). The quantitative estimate of drug-likeness (QED) is 0.278. The number of nitrogens with zero attached hydrogens (tertiary/aromatic N) is 1. The van der Waals surface area contributed by atoms with E-state index >= 15 is 0 Å². The third-order valence-electron chi connectivity index (χ3n) is 4.43. The van der Waals surface area contributed by atoms with Crippen LogP contribution < -0.4 is 10.6 Å². The molecule has 0 saturated heterocycles. The lowest BCUT2D eigenvalue weighted by atomic mass is 10.2. The van der Waals surface area contributed by atoms with Crippen molar-refractivity contribution in [1.82, 2.24) is 9.62 Å². The van der Waals surface area contributed by atoms with Crippen LogP contribution in [0.4, 0.5) is 5.69 Å². The molecule has 0 atom stereocenters. The number of anilines is 1. The van der Waals surface area contributed by atoms with Crippen LogP contribution in [0.2, 0.25) is 0 Å². The number of rotatable bonds is 11. The van der Waals surface area contributed by atoms with Gasteiger partial charge in [0.25, 0.3) is 0 Å². The van der Waals surface area contributed by atoms with Gasteiger partial charge in [-0.2, -0.15) is 4.31 Å². The second-order valence-corrected chi connectivity index (χ2v) is 9.44. The second-order valence-electron chi connectivity index (χ2n) is 6.99. The van der Waals surface area contributed by atoms with Gasteiger partial charge < -0.3 is 20.1 Å². The van der Waals surface area contributed by atoms with E-state index in [9.17, 15) is 18.0 Å². The highest BCUT2D eigenvalue weighted by molar-refractivity contribution is 7.89. The van der Waals surface area contributed by atoms with Gasteiger partial charge in [-0.15, -0.1) is 0 Å². The molecule has 0 heterocycles. The van der Waals surface area contributed by atoms with Crippen molar-refractivity contribution in [3.05, 3.63) is 60.2 Å². The summed E-state index contributed by atoms with van der Waals surface area (Å²) in [4.78, 5) is 23.6. The molecule has 1 amide bonds. The molecule has 0 saturated carbocycles. The van der Waals surface area contributed by atoms with Crippen LogP contribution in [0.15, 0.2) is 59.5 Å².